The van der Waals surface area contributed by atoms with E-state index in [-0.39, 0.29) is 5.91 Å². The Morgan fingerprint density at radius 1 is 1.41 bits per heavy atom. The summed E-state index contributed by atoms with van der Waals surface area (Å²) < 4.78 is 5.05. The predicted octanol–water partition coefficient (Wildman–Crippen LogP) is 1.29. The van der Waals surface area contributed by atoms with Gasteiger partial charge in [-0.2, -0.15) is 0 Å². The van der Waals surface area contributed by atoms with Gasteiger partial charge in [0.05, 0.1) is 13.0 Å². The maximum atomic E-state index is 11.2. The quantitative estimate of drug-likeness (QED) is 0.813. The molecule has 5 nitrogen and oxygen atoms in total. The van der Waals surface area contributed by atoms with Gasteiger partial charge in [-0.25, -0.2) is 0 Å². The highest BCUT2D eigenvalue weighted by molar-refractivity contribution is 5.99. The van der Waals surface area contributed by atoms with Crippen molar-refractivity contribution in [2.45, 2.75) is 13.0 Å². The summed E-state index contributed by atoms with van der Waals surface area (Å²) in [7, 11) is 0. The molecule has 3 N–H and O–H groups in total. The van der Waals surface area contributed by atoms with E-state index < -0.39 is 0 Å². The van der Waals surface area contributed by atoms with Crippen LogP contribution in [-0.4, -0.2) is 11.1 Å². The molecule has 3 rings (SSSR count). The van der Waals surface area contributed by atoms with Crippen molar-refractivity contribution in [3.05, 3.63) is 35.6 Å². The zero-order chi connectivity index (χ0) is 11.8. The van der Waals surface area contributed by atoms with Crippen molar-refractivity contribution < 1.29 is 9.32 Å². The van der Waals surface area contributed by atoms with Crippen LogP contribution >= 0.6 is 0 Å². The number of aromatic nitrogens is 1. The Morgan fingerprint density at radius 2 is 2.29 bits per heavy atom. The number of benzene rings is 1. The minimum atomic E-state index is 0.0277. The number of hydrogen-bond donors (Lipinski definition) is 2. The van der Waals surface area contributed by atoms with Crippen LogP contribution < -0.4 is 11.1 Å². The molecule has 1 aliphatic rings. The van der Waals surface area contributed by atoms with Crippen molar-refractivity contribution in [3.63, 3.8) is 0 Å². The SMILES string of the molecule is NCc1cc(-c2ccc3c(c2)CC(=O)N3)no1. The highest BCUT2D eigenvalue weighted by Crippen LogP contribution is 2.28. The lowest BCUT2D eigenvalue weighted by Gasteiger charge is -2.00. The molecule has 2 heterocycles. The van der Waals surface area contributed by atoms with Crippen molar-refractivity contribution in [1.29, 1.82) is 0 Å². The van der Waals surface area contributed by atoms with Gasteiger partial charge in [0.25, 0.3) is 0 Å². The first-order valence-corrected chi connectivity index (χ1v) is 5.35. The van der Waals surface area contributed by atoms with Crippen LogP contribution in [0.15, 0.2) is 28.8 Å². The summed E-state index contributed by atoms with van der Waals surface area (Å²) in [4.78, 5) is 11.2. The van der Waals surface area contributed by atoms with Crippen molar-refractivity contribution in [2.24, 2.45) is 5.73 Å². The van der Waals surface area contributed by atoms with Crippen LogP contribution in [0.4, 0.5) is 5.69 Å². The Balaban J connectivity index is 1.99. The van der Waals surface area contributed by atoms with Crippen LogP contribution in [0.2, 0.25) is 0 Å². The maximum Gasteiger partial charge on any atom is 0.228 e. The Bertz CT molecular complexity index is 589. The smallest absolute Gasteiger partial charge is 0.228 e. The molecule has 0 saturated carbocycles. The zero-order valence-electron chi connectivity index (χ0n) is 9.06. The summed E-state index contributed by atoms with van der Waals surface area (Å²) in [5.41, 5.74) is 9.01. The average Bonchev–Trinajstić information content (AvgIpc) is 2.92. The fraction of sp³-hybridized carbons (Fsp3) is 0.167. The molecule has 0 saturated heterocycles. The molecule has 86 valence electrons. The lowest BCUT2D eigenvalue weighted by atomic mass is 10.1. The number of hydrogen-bond acceptors (Lipinski definition) is 4. The first kappa shape index (κ1) is 10.0. The molecule has 1 aliphatic heterocycles. The molecule has 1 amide bonds. The standard InChI is InChI=1S/C12H11N3O2/c13-6-9-5-11(15-17-9)7-1-2-10-8(3-7)4-12(16)14-10/h1-3,5H,4,6,13H2,(H,14,16). The first-order valence-electron chi connectivity index (χ1n) is 5.35. The van der Waals surface area contributed by atoms with Crippen LogP contribution in [0.3, 0.4) is 0 Å². The molecular weight excluding hydrogens is 218 g/mol. The molecule has 0 radical (unpaired) electrons. The molecule has 0 fully saturated rings. The minimum absolute atomic E-state index is 0.0277. The molecule has 2 aromatic rings. The van der Waals surface area contributed by atoms with E-state index in [9.17, 15) is 4.79 Å². The molecule has 0 bridgehead atoms. The molecule has 17 heavy (non-hydrogen) atoms. The summed E-state index contributed by atoms with van der Waals surface area (Å²) in [5, 5.41) is 6.73. The lowest BCUT2D eigenvalue weighted by Crippen LogP contribution is -2.03. The minimum Gasteiger partial charge on any atom is -0.359 e. The number of carbonyl (C=O) groups excluding carboxylic acids is 1. The third-order valence-electron chi connectivity index (χ3n) is 2.79. The van der Waals surface area contributed by atoms with E-state index in [0.717, 1.165) is 22.5 Å². The fourth-order valence-electron chi connectivity index (χ4n) is 1.93. The van der Waals surface area contributed by atoms with Gasteiger partial charge in [-0.15, -0.1) is 0 Å². The van der Waals surface area contributed by atoms with E-state index in [4.69, 9.17) is 10.3 Å². The van der Waals surface area contributed by atoms with Gasteiger partial charge < -0.3 is 15.6 Å². The molecule has 5 heteroatoms. The highest BCUT2D eigenvalue weighted by Gasteiger charge is 2.18. The maximum absolute atomic E-state index is 11.2. The van der Waals surface area contributed by atoms with Gasteiger partial charge in [0.2, 0.25) is 5.91 Å². The van der Waals surface area contributed by atoms with Crippen molar-refractivity contribution in [3.8, 4) is 11.3 Å². The Morgan fingerprint density at radius 3 is 3.06 bits per heavy atom. The number of amides is 1. The predicted molar refractivity (Wildman–Crippen MR) is 62.2 cm³/mol. The molecule has 0 spiro atoms. The van der Waals surface area contributed by atoms with Crippen molar-refractivity contribution in [1.82, 2.24) is 5.16 Å². The third kappa shape index (κ3) is 1.70. The second-order valence-electron chi connectivity index (χ2n) is 3.98. The topological polar surface area (TPSA) is 81.2 Å². The van der Waals surface area contributed by atoms with Crippen LogP contribution in [0.5, 0.6) is 0 Å². The number of nitrogens with two attached hydrogens (primary N) is 1. The van der Waals surface area contributed by atoms with Crippen LogP contribution in [0.1, 0.15) is 11.3 Å². The summed E-state index contributed by atoms with van der Waals surface area (Å²) in [6.07, 6.45) is 0.421. The van der Waals surface area contributed by atoms with Gasteiger partial charge in [-0.1, -0.05) is 11.2 Å². The largest absolute Gasteiger partial charge is 0.359 e. The van der Waals surface area contributed by atoms with Crippen molar-refractivity contribution in [2.75, 3.05) is 5.32 Å². The number of nitrogens with one attached hydrogen (secondary N) is 1. The van der Waals surface area contributed by atoms with Gasteiger partial charge in [-0.05, 0) is 17.7 Å². The van der Waals surface area contributed by atoms with Crippen LogP contribution in [0.25, 0.3) is 11.3 Å². The van der Waals surface area contributed by atoms with E-state index in [1.807, 2.05) is 24.3 Å². The first-order chi connectivity index (χ1) is 8.26. The highest BCUT2D eigenvalue weighted by atomic mass is 16.5. The molecule has 0 atom stereocenters. The lowest BCUT2D eigenvalue weighted by molar-refractivity contribution is -0.115. The number of anilines is 1. The Hall–Kier alpha value is -2.14. The Labute approximate surface area is 97.6 Å². The van der Waals surface area contributed by atoms with E-state index in [2.05, 4.69) is 10.5 Å². The molecule has 0 unspecified atom stereocenters. The number of nitrogens with zero attached hydrogens (tertiary/aromatic N) is 1. The third-order valence-corrected chi connectivity index (χ3v) is 2.79. The van der Waals surface area contributed by atoms with Crippen LogP contribution in [0, 0.1) is 0 Å². The molecular formula is C12H11N3O2. The summed E-state index contributed by atoms with van der Waals surface area (Å²) in [5.74, 6) is 0.676. The van der Waals surface area contributed by atoms with E-state index in [1.54, 1.807) is 0 Å². The van der Waals surface area contributed by atoms with Gasteiger partial charge >= 0.3 is 0 Å². The summed E-state index contributed by atoms with van der Waals surface area (Å²) in [6.45, 7) is 0.331. The Kier molecular flexibility index (Phi) is 2.19. The van der Waals surface area contributed by atoms with Gasteiger partial charge in [0.15, 0.2) is 5.76 Å². The normalized spacial score (nSPS) is 13.6. The number of rotatable bonds is 2. The van der Waals surface area contributed by atoms with Crippen molar-refractivity contribution >= 4 is 11.6 Å². The summed E-state index contributed by atoms with van der Waals surface area (Å²) >= 11 is 0. The summed E-state index contributed by atoms with van der Waals surface area (Å²) in [6, 6.07) is 7.55. The van der Waals surface area contributed by atoms with E-state index in [0.29, 0.717) is 18.7 Å². The van der Waals surface area contributed by atoms with E-state index in [1.165, 1.54) is 0 Å². The van der Waals surface area contributed by atoms with Gasteiger partial charge in [0.1, 0.15) is 5.69 Å². The zero-order valence-corrected chi connectivity index (χ0v) is 9.06. The number of fused-ring (bicyclic) bond motifs is 1. The van der Waals surface area contributed by atoms with Gasteiger partial charge in [-0.3, -0.25) is 4.79 Å². The molecule has 1 aromatic heterocycles. The molecule has 1 aromatic carbocycles. The fourth-order valence-corrected chi connectivity index (χ4v) is 1.93. The molecule has 0 aliphatic carbocycles. The van der Waals surface area contributed by atoms with Crippen LogP contribution in [-0.2, 0) is 17.8 Å². The second kappa shape index (κ2) is 3.71. The average molecular weight is 229 g/mol. The van der Waals surface area contributed by atoms with Gasteiger partial charge in [0, 0.05) is 17.3 Å². The van der Waals surface area contributed by atoms with E-state index >= 15 is 0 Å². The number of carbonyl (C=O) groups is 1. The second-order valence-corrected chi connectivity index (χ2v) is 3.98. The monoisotopic (exact) mass is 229 g/mol.